The number of rotatable bonds is 5. The van der Waals surface area contributed by atoms with Crippen molar-refractivity contribution in [2.24, 2.45) is 11.3 Å². The molecule has 1 aromatic rings. The number of nitrogens with zero attached hydrogens (tertiary/aromatic N) is 3. The van der Waals surface area contributed by atoms with Crippen molar-refractivity contribution in [2.75, 3.05) is 20.6 Å². The minimum atomic E-state index is -0.438. The predicted molar refractivity (Wildman–Crippen MR) is 84.6 cm³/mol. The zero-order valence-corrected chi connectivity index (χ0v) is 14.5. The lowest BCUT2D eigenvalue weighted by Crippen LogP contribution is -2.27. The Morgan fingerprint density at radius 2 is 2.25 bits per heavy atom. The summed E-state index contributed by atoms with van der Waals surface area (Å²) in [5.41, 5.74) is 1.14. The Labute approximate surface area is 130 Å². The summed E-state index contributed by atoms with van der Waals surface area (Å²) in [4.78, 5) is 2.13. The first-order valence-electron chi connectivity index (χ1n) is 7.37. The highest BCUT2D eigenvalue weighted by Gasteiger charge is 2.41. The van der Waals surface area contributed by atoms with Crippen molar-refractivity contribution in [1.82, 2.24) is 14.7 Å². The van der Waals surface area contributed by atoms with Crippen LogP contribution in [0, 0.1) is 11.3 Å². The van der Waals surface area contributed by atoms with Gasteiger partial charge < -0.3 is 10.0 Å². The highest BCUT2D eigenvalue weighted by Crippen LogP contribution is 2.49. The third-order valence-electron chi connectivity index (χ3n) is 4.59. The molecule has 1 heterocycles. The third kappa shape index (κ3) is 3.26. The summed E-state index contributed by atoms with van der Waals surface area (Å²) >= 11 is 3.55. The van der Waals surface area contributed by atoms with Crippen molar-refractivity contribution in [3.8, 4) is 0 Å². The Bertz CT molecular complexity index is 456. The Balaban J connectivity index is 2.21. The summed E-state index contributed by atoms with van der Waals surface area (Å²) < 4.78 is 2.87. The molecule has 1 fully saturated rings. The third-order valence-corrected chi connectivity index (χ3v) is 5.20. The van der Waals surface area contributed by atoms with Gasteiger partial charge in [-0.25, -0.2) is 0 Å². The second kappa shape index (κ2) is 6.16. The van der Waals surface area contributed by atoms with Gasteiger partial charge in [-0.15, -0.1) is 0 Å². The fourth-order valence-corrected chi connectivity index (χ4v) is 3.80. The molecule has 0 amide bonds. The average molecular weight is 344 g/mol. The van der Waals surface area contributed by atoms with Gasteiger partial charge in [0.15, 0.2) is 0 Å². The van der Waals surface area contributed by atoms with Gasteiger partial charge in [-0.05, 0) is 54.2 Å². The van der Waals surface area contributed by atoms with E-state index in [-0.39, 0.29) is 5.41 Å². The number of aliphatic hydroxyl groups excluding tert-OH is 1. The monoisotopic (exact) mass is 343 g/mol. The van der Waals surface area contributed by atoms with E-state index in [1.54, 1.807) is 6.20 Å². The van der Waals surface area contributed by atoms with Gasteiger partial charge in [-0.2, -0.15) is 5.10 Å². The summed E-state index contributed by atoms with van der Waals surface area (Å²) in [5.74, 6) is 0.314. The number of hydrogen-bond acceptors (Lipinski definition) is 3. The summed E-state index contributed by atoms with van der Waals surface area (Å²) in [6.07, 6.45) is 4.86. The van der Waals surface area contributed by atoms with Crippen molar-refractivity contribution in [1.29, 1.82) is 0 Å². The van der Waals surface area contributed by atoms with Crippen LogP contribution in [0.25, 0.3) is 0 Å². The van der Waals surface area contributed by atoms with Gasteiger partial charge in [0.25, 0.3) is 0 Å². The van der Waals surface area contributed by atoms with Crippen LogP contribution < -0.4 is 0 Å². The lowest BCUT2D eigenvalue weighted by molar-refractivity contribution is 0.0454. The van der Waals surface area contributed by atoms with E-state index in [2.05, 4.69) is 53.9 Å². The first-order chi connectivity index (χ1) is 9.33. The molecular formula is C15H26BrN3O. The maximum absolute atomic E-state index is 10.9. The zero-order chi connectivity index (χ0) is 14.9. The van der Waals surface area contributed by atoms with Gasteiger partial charge >= 0.3 is 0 Å². The smallest absolute Gasteiger partial charge is 0.100 e. The molecule has 0 bridgehead atoms. The first-order valence-corrected chi connectivity index (χ1v) is 8.16. The predicted octanol–water partition coefficient (Wildman–Crippen LogP) is 3.07. The molecule has 1 N–H and O–H groups in total. The van der Waals surface area contributed by atoms with Crippen molar-refractivity contribution in [2.45, 2.75) is 45.8 Å². The van der Waals surface area contributed by atoms with Crippen LogP contribution in [0.15, 0.2) is 10.7 Å². The van der Waals surface area contributed by atoms with E-state index in [1.165, 1.54) is 12.8 Å². The van der Waals surface area contributed by atoms with Gasteiger partial charge in [0.2, 0.25) is 0 Å². The number of likely N-dealkylation sites (N-methyl/N-ethyl adjacent to an activating group) is 1. The highest BCUT2D eigenvalue weighted by molar-refractivity contribution is 9.10. The Hall–Kier alpha value is -0.390. The molecule has 2 unspecified atom stereocenters. The largest absolute Gasteiger partial charge is 0.386 e. The molecule has 0 aromatic carbocycles. The molecule has 0 spiro atoms. The number of hydrogen-bond donors (Lipinski definition) is 1. The van der Waals surface area contributed by atoms with Crippen LogP contribution in [0.1, 0.15) is 44.9 Å². The van der Waals surface area contributed by atoms with E-state index >= 15 is 0 Å². The van der Waals surface area contributed by atoms with E-state index in [1.807, 2.05) is 4.68 Å². The van der Waals surface area contributed by atoms with Crippen molar-refractivity contribution < 1.29 is 5.11 Å². The van der Waals surface area contributed by atoms with E-state index < -0.39 is 6.10 Å². The SMILES string of the molecule is CN(C)CCn1ncc(Br)c1C(O)C1CCCC1(C)C. The normalized spacial score (nSPS) is 23.4. The van der Waals surface area contributed by atoms with Gasteiger partial charge in [0.05, 0.1) is 22.9 Å². The Morgan fingerprint density at radius 3 is 2.80 bits per heavy atom. The van der Waals surface area contributed by atoms with Gasteiger partial charge in [-0.3, -0.25) is 4.68 Å². The number of halogens is 1. The fraction of sp³-hybridized carbons (Fsp3) is 0.800. The Kier molecular flexibility index (Phi) is 4.92. The molecule has 4 nitrogen and oxygen atoms in total. The van der Waals surface area contributed by atoms with Crippen molar-refractivity contribution >= 4 is 15.9 Å². The minimum Gasteiger partial charge on any atom is -0.386 e. The second-order valence-electron chi connectivity index (χ2n) is 6.84. The summed E-state index contributed by atoms with van der Waals surface area (Å²) in [5, 5.41) is 15.3. The summed E-state index contributed by atoms with van der Waals surface area (Å²) in [6, 6.07) is 0. The molecule has 0 aliphatic heterocycles. The molecule has 5 heteroatoms. The first kappa shape index (κ1) is 16.0. The molecule has 1 aliphatic rings. The molecule has 1 aromatic heterocycles. The topological polar surface area (TPSA) is 41.3 Å². The van der Waals surface area contributed by atoms with E-state index in [9.17, 15) is 5.11 Å². The highest BCUT2D eigenvalue weighted by atomic mass is 79.9. The van der Waals surface area contributed by atoms with Crippen LogP contribution in [0.2, 0.25) is 0 Å². The van der Waals surface area contributed by atoms with Crippen molar-refractivity contribution in [3.63, 3.8) is 0 Å². The quantitative estimate of drug-likeness (QED) is 0.893. The maximum atomic E-state index is 10.9. The average Bonchev–Trinajstić information content (AvgIpc) is 2.88. The molecule has 114 valence electrons. The lowest BCUT2D eigenvalue weighted by Gasteiger charge is -2.31. The maximum Gasteiger partial charge on any atom is 0.100 e. The van der Waals surface area contributed by atoms with E-state index in [4.69, 9.17) is 0 Å². The molecule has 20 heavy (non-hydrogen) atoms. The molecule has 1 saturated carbocycles. The summed E-state index contributed by atoms with van der Waals surface area (Å²) in [7, 11) is 4.10. The summed E-state index contributed by atoms with van der Waals surface area (Å²) in [6.45, 7) is 6.25. The van der Waals surface area contributed by atoms with Crippen LogP contribution in [0.4, 0.5) is 0 Å². The molecule has 2 rings (SSSR count). The van der Waals surface area contributed by atoms with Gasteiger partial charge in [-0.1, -0.05) is 20.3 Å². The molecule has 0 saturated heterocycles. The number of aliphatic hydroxyl groups is 1. The molecular weight excluding hydrogens is 318 g/mol. The standard InChI is InChI=1S/C15H26BrN3O/c1-15(2)7-5-6-11(15)14(20)13-12(16)10-17-19(13)9-8-18(3)4/h10-11,14,20H,5-9H2,1-4H3. The lowest BCUT2D eigenvalue weighted by atomic mass is 9.78. The fourth-order valence-electron chi connectivity index (χ4n) is 3.27. The van der Waals surface area contributed by atoms with E-state index in [0.717, 1.165) is 29.7 Å². The molecule has 1 aliphatic carbocycles. The van der Waals surface area contributed by atoms with Crippen LogP contribution in [-0.4, -0.2) is 40.4 Å². The minimum absolute atomic E-state index is 0.204. The van der Waals surface area contributed by atoms with Crippen LogP contribution in [0.5, 0.6) is 0 Å². The van der Waals surface area contributed by atoms with Gasteiger partial charge in [0, 0.05) is 6.54 Å². The van der Waals surface area contributed by atoms with Crippen molar-refractivity contribution in [3.05, 3.63) is 16.4 Å². The van der Waals surface area contributed by atoms with Gasteiger partial charge in [0.1, 0.15) is 6.10 Å². The van der Waals surface area contributed by atoms with Crippen LogP contribution in [0.3, 0.4) is 0 Å². The zero-order valence-electron chi connectivity index (χ0n) is 12.9. The molecule has 0 radical (unpaired) electrons. The molecule has 2 atom stereocenters. The Morgan fingerprint density at radius 1 is 1.55 bits per heavy atom. The number of aromatic nitrogens is 2. The van der Waals surface area contributed by atoms with Crippen LogP contribution >= 0.6 is 15.9 Å². The second-order valence-corrected chi connectivity index (χ2v) is 7.69. The van der Waals surface area contributed by atoms with Crippen LogP contribution in [-0.2, 0) is 6.54 Å². The van der Waals surface area contributed by atoms with E-state index in [0.29, 0.717) is 5.92 Å².